The molecule has 3 aromatic rings. The first-order valence-electron chi connectivity index (χ1n) is 9.34. The van der Waals surface area contributed by atoms with Crippen LogP contribution in [0.1, 0.15) is 21.5 Å². The monoisotopic (exact) mass is 406 g/mol. The lowest BCUT2D eigenvalue weighted by molar-refractivity contribution is -0.115. The Morgan fingerprint density at radius 3 is 2.50 bits per heavy atom. The Morgan fingerprint density at radius 1 is 0.933 bits per heavy atom. The zero-order chi connectivity index (χ0) is 21.1. The van der Waals surface area contributed by atoms with Gasteiger partial charge in [0.2, 0.25) is 12.7 Å². The third kappa shape index (κ3) is 4.41. The van der Waals surface area contributed by atoms with Gasteiger partial charge in [0.15, 0.2) is 11.5 Å². The van der Waals surface area contributed by atoms with E-state index in [1.807, 2.05) is 31.2 Å². The number of anilines is 2. The molecule has 0 saturated heterocycles. The van der Waals surface area contributed by atoms with Crippen LogP contribution in [-0.4, -0.2) is 18.6 Å². The van der Waals surface area contributed by atoms with Crippen molar-refractivity contribution in [2.24, 2.45) is 0 Å². The zero-order valence-corrected chi connectivity index (χ0v) is 16.2. The van der Waals surface area contributed by atoms with Crippen molar-refractivity contribution in [3.63, 3.8) is 0 Å². The normalized spacial score (nSPS) is 11.8. The first-order valence-corrected chi connectivity index (χ1v) is 9.34. The summed E-state index contributed by atoms with van der Waals surface area (Å²) in [4.78, 5) is 24.8. The van der Waals surface area contributed by atoms with Crippen molar-refractivity contribution in [1.29, 1.82) is 0 Å². The Balaban J connectivity index is 1.44. The van der Waals surface area contributed by atoms with E-state index in [4.69, 9.17) is 9.47 Å². The number of rotatable bonds is 5. The molecule has 0 fully saturated rings. The Hall–Kier alpha value is -3.87. The van der Waals surface area contributed by atoms with Crippen LogP contribution in [0.15, 0.2) is 60.7 Å². The first-order chi connectivity index (χ1) is 14.5. The van der Waals surface area contributed by atoms with E-state index in [1.165, 1.54) is 18.2 Å². The lowest BCUT2D eigenvalue weighted by Gasteiger charge is -2.10. The third-order valence-electron chi connectivity index (χ3n) is 4.62. The fraction of sp³-hybridized carbons (Fsp3) is 0.130. The van der Waals surface area contributed by atoms with Crippen molar-refractivity contribution in [3.8, 4) is 11.5 Å². The zero-order valence-electron chi connectivity index (χ0n) is 16.2. The number of halogens is 1. The quantitative estimate of drug-likeness (QED) is 0.663. The largest absolute Gasteiger partial charge is 0.454 e. The summed E-state index contributed by atoms with van der Waals surface area (Å²) in [5, 5.41) is 5.25. The number of amides is 2. The number of fused-ring (bicyclic) bond motifs is 1. The smallest absolute Gasteiger partial charge is 0.255 e. The fourth-order valence-corrected chi connectivity index (χ4v) is 3.03. The average molecular weight is 406 g/mol. The molecule has 1 aliphatic heterocycles. The molecule has 6 nitrogen and oxygen atoms in total. The second kappa shape index (κ2) is 8.24. The van der Waals surface area contributed by atoms with Crippen LogP contribution in [0.3, 0.4) is 0 Å². The Morgan fingerprint density at radius 2 is 1.70 bits per heavy atom. The topological polar surface area (TPSA) is 76.7 Å². The molecule has 1 aliphatic rings. The molecule has 0 aliphatic carbocycles. The number of carbonyl (C=O) groups is 2. The summed E-state index contributed by atoms with van der Waals surface area (Å²) < 4.78 is 24.7. The molecule has 4 rings (SSSR count). The van der Waals surface area contributed by atoms with Gasteiger partial charge in [-0.05, 0) is 48.9 Å². The van der Waals surface area contributed by atoms with Crippen LogP contribution >= 0.6 is 0 Å². The van der Waals surface area contributed by atoms with Crippen molar-refractivity contribution in [3.05, 3.63) is 83.2 Å². The number of carbonyl (C=O) groups excluding carboxylic acids is 2. The molecule has 0 radical (unpaired) electrons. The first kappa shape index (κ1) is 19.4. The van der Waals surface area contributed by atoms with Crippen LogP contribution in [0.5, 0.6) is 11.5 Å². The summed E-state index contributed by atoms with van der Waals surface area (Å²) in [6.45, 7) is 2.08. The van der Waals surface area contributed by atoms with Gasteiger partial charge in [0, 0.05) is 11.3 Å². The Labute approximate surface area is 172 Å². The standard InChI is InChI=1S/C23H19FN2O4/c1-14-2-4-15(5-3-14)10-22(27)26-19-12-17(7-8-18(19)24)25-23(28)16-6-9-20-21(11-16)30-13-29-20/h2-9,11-12H,10,13H2,1H3,(H,25,28)(H,26,27). The van der Waals surface area contributed by atoms with Crippen molar-refractivity contribution in [1.82, 2.24) is 0 Å². The molecular formula is C23H19FN2O4. The Bertz CT molecular complexity index is 1110. The minimum atomic E-state index is -0.590. The molecule has 1 heterocycles. The van der Waals surface area contributed by atoms with Crippen molar-refractivity contribution in [2.45, 2.75) is 13.3 Å². The minimum Gasteiger partial charge on any atom is -0.454 e. The van der Waals surface area contributed by atoms with E-state index >= 15 is 0 Å². The SMILES string of the molecule is Cc1ccc(CC(=O)Nc2cc(NC(=O)c3ccc4c(c3)OCO4)ccc2F)cc1. The van der Waals surface area contributed by atoms with Gasteiger partial charge < -0.3 is 20.1 Å². The molecule has 0 spiro atoms. The second-order valence-electron chi connectivity index (χ2n) is 6.93. The molecule has 2 N–H and O–H groups in total. The number of hydrogen-bond donors (Lipinski definition) is 2. The van der Waals surface area contributed by atoms with Gasteiger partial charge in [-0.1, -0.05) is 29.8 Å². The van der Waals surface area contributed by atoms with Crippen LogP contribution in [-0.2, 0) is 11.2 Å². The number of benzene rings is 3. The molecule has 0 unspecified atom stereocenters. The number of nitrogens with one attached hydrogen (secondary N) is 2. The van der Waals surface area contributed by atoms with Gasteiger partial charge >= 0.3 is 0 Å². The predicted octanol–water partition coefficient (Wildman–Crippen LogP) is 4.30. The molecule has 30 heavy (non-hydrogen) atoms. The molecular weight excluding hydrogens is 387 g/mol. The lowest BCUT2D eigenvalue weighted by Crippen LogP contribution is -2.16. The van der Waals surface area contributed by atoms with Gasteiger partial charge in [-0.2, -0.15) is 0 Å². The summed E-state index contributed by atoms with van der Waals surface area (Å²) in [5.41, 5.74) is 2.63. The summed E-state index contributed by atoms with van der Waals surface area (Å²) in [6, 6.07) is 16.4. The van der Waals surface area contributed by atoms with Gasteiger partial charge in [0.25, 0.3) is 5.91 Å². The highest BCUT2D eigenvalue weighted by atomic mass is 19.1. The molecule has 7 heteroatoms. The van der Waals surface area contributed by atoms with Crippen LogP contribution in [0.25, 0.3) is 0 Å². The van der Waals surface area contributed by atoms with E-state index in [9.17, 15) is 14.0 Å². The molecule has 0 bridgehead atoms. The molecule has 0 aromatic heterocycles. The number of aryl methyl sites for hydroxylation is 1. The summed E-state index contributed by atoms with van der Waals surface area (Å²) in [6.07, 6.45) is 0.119. The molecule has 0 atom stereocenters. The predicted molar refractivity (Wildman–Crippen MR) is 110 cm³/mol. The van der Waals surface area contributed by atoms with E-state index in [1.54, 1.807) is 18.2 Å². The van der Waals surface area contributed by atoms with E-state index in [0.717, 1.165) is 11.1 Å². The highest BCUT2D eigenvalue weighted by Gasteiger charge is 2.17. The summed E-state index contributed by atoms with van der Waals surface area (Å²) >= 11 is 0. The van der Waals surface area contributed by atoms with Gasteiger partial charge in [0.05, 0.1) is 12.1 Å². The van der Waals surface area contributed by atoms with Gasteiger partial charge in [0.1, 0.15) is 5.82 Å². The van der Waals surface area contributed by atoms with Crippen LogP contribution < -0.4 is 20.1 Å². The van der Waals surface area contributed by atoms with Crippen LogP contribution in [0.4, 0.5) is 15.8 Å². The van der Waals surface area contributed by atoms with Gasteiger partial charge in [-0.15, -0.1) is 0 Å². The Kier molecular flexibility index (Phi) is 5.34. The highest BCUT2D eigenvalue weighted by Crippen LogP contribution is 2.32. The number of hydrogen-bond acceptors (Lipinski definition) is 4. The maximum Gasteiger partial charge on any atom is 0.255 e. The van der Waals surface area contributed by atoms with Crippen molar-refractivity contribution >= 4 is 23.2 Å². The van der Waals surface area contributed by atoms with Gasteiger partial charge in [-0.25, -0.2) is 4.39 Å². The lowest BCUT2D eigenvalue weighted by atomic mass is 10.1. The maximum atomic E-state index is 14.2. The van der Waals surface area contributed by atoms with Gasteiger partial charge in [-0.3, -0.25) is 9.59 Å². The number of ether oxygens (including phenoxy) is 2. The summed E-state index contributed by atoms with van der Waals surface area (Å²) in [5.74, 6) is -0.264. The van der Waals surface area contributed by atoms with E-state index < -0.39 is 11.7 Å². The van der Waals surface area contributed by atoms with Crippen LogP contribution in [0.2, 0.25) is 0 Å². The highest BCUT2D eigenvalue weighted by molar-refractivity contribution is 6.05. The fourth-order valence-electron chi connectivity index (χ4n) is 3.03. The minimum absolute atomic E-state index is 0.00408. The molecule has 152 valence electrons. The van der Waals surface area contributed by atoms with E-state index in [0.29, 0.717) is 22.7 Å². The second-order valence-corrected chi connectivity index (χ2v) is 6.93. The molecule has 3 aromatic carbocycles. The van der Waals surface area contributed by atoms with Crippen molar-refractivity contribution in [2.75, 3.05) is 17.4 Å². The third-order valence-corrected chi connectivity index (χ3v) is 4.62. The molecule has 0 saturated carbocycles. The van der Waals surface area contributed by atoms with E-state index in [2.05, 4.69) is 10.6 Å². The molecule has 2 amide bonds. The maximum absolute atomic E-state index is 14.2. The average Bonchev–Trinajstić information content (AvgIpc) is 3.20. The summed E-state index contributed by atoms with van der Waals surface area (Å²) in [7, 11) is 0. The van der Waals surface area contributed by atoms with E-state index in [-0.39, 0.29) is 24.8 Å². The van der Waals surface area contributed by atoms with Crippen molar-refractivity contribution < 1.29 is 23.5 Å². The van der Waals surface area contributed by atoms with Crippen LogP contribution in [0, 0.1) is 12.7 Å².